The third-order valence-corrected chi connectivity index (χ3v) is 4.03. The first-order chi connectivity index (χ1) is 14.4. The second-order valence-corrected chi connectivity index (χ2v) is 6.34. The molecule has 9 heteroatoms. The molecule has 6 N–H and O–H groups in total. The van der Waals surface area contributed by atoms with E-state index in [1.807, 2.05) is 18.2 Å². The van der Waals surface area contributed by atoms with Gasteiger partial charge in [-0.15, -0.1) is 0 Å². The number of amides is 2. The quantitative estimate of drug-likeness (QED) is 0.240. The second-order valence-electron chi connectivity index (χ2n) is 6.34. The van der Waals surface area contributed by atoms with E-state index in [9.17, 15) is 14.4 Å². The van der Waals surface area contributed by atoms with E-state index in [1.54, 1.807) is 37.3 Å². The first-order valence-electron chi connectivity index (χ1n) is 9.38. The Morgan fingerprint density at radius 2 is 1.83 bits per heavy atom. The summed E-state index contributed by atoms with van der Waals surface area (Å²) in [5.41, 5.74) is 6.83. The minimum absolute atomic E-state index is 0.0176. The zero-order chi connectivity index (χ0) is 21.9. The second kappa shape index (κ2) is 11.2. The van der Waals surface area contributed by atoms with Crippen molar-refractivity contribution in [2.45, 2.75) is 19.4 Å². The number of benzene rings is 2. The van der Waals surface area contributed by atoms with E-state index in [2.05, 4.69) is 16.0 Å². The Kier molecular flexibility index (Phi) is 8.37. The highest BCUT2D eigenvalue weighted by Gasteiger charge is 2.19. The third kappa shape index (κ3) is 7.27. The summed E-state index contributed by atoms with van der Waals surface area (Å²) in [5, 5.41) is 15.1. The van der Waals surface area contributed by atoms with E-state index in [0.717, 1.165) is 5.56 Å². The van der Waals surface area contributed by atoms with Crippen molar-refractivity contribution in [1.29, 1.82) is 5.41 Å². The van der Waals surface area contributed by atoms with Gasteiger partial charge >= 0.3 is 5.97 Å². The molecular weight excluding hydrogens is 386 g/mol. The predicted octanol–water partition coefficient (Wildman–Crippen LogP) is 1.53. The highest BCUT2D eigenvalue weighted by molar-refractivity contribution is 5.98. The van der Waals surface area contributed by atoms with Gasteiger partial charge in [0.2, 0.25) is 5.91 Å². The number of rotatable bonds is 9. The molecule has 0 heterocycles. The molecule has 9 nitrogen and oxygen atoms in total. The summed E-state index contributed by atoms with van der Waals surface area (Å²) in [7, 11) is 0. The molecule has 0 spiro atoms. The Balaban J connectivity index is 1.97. The van der Waals surface area contributed by atoms with Crippen LogP contribution in [0, 0.1) is 5.41 Å². The lowest BCUT2D eigenvalue weighted by Gasteiger charge is -2.19. The van der Waals surface area contributed by atoms with Gasteiger partial charge in [0, 0.05) is 11.3 Å². The van der Waals surface area contributed by atoms with Crippen LogP contribution in [-0.2, 0) is 14.3 Å². The Morgan fingerprint density at radius 1 is 1.10 bits per heavy atom. The molecule has 0 radical (unpaired) electrons. The first kappa shape index (κ1) is 22.4. The van der Waals surface area contributed by atoms with E-state index in [4.69, 9.17) is 15.9 Å². The van der Waals surface area contributed by atoms with E-state index in [1.165, 1.54) is 6.07 Å². The van der Waals surface area contributed by atoms with Gasteiger partial charge in [-0.2, -0.15) is 0 Å². The molecule has 2 aromatic carbocycles. The summed E-state index contributed by atoms with van der Waals surface area (Å²) in [6.45, 7) is 1.70. The van der Waals surface area contributed by atoms with Crippen molar-refractivity contribution in [2.24, 2.45) is 5.73 Å². The van der Waals surface area contributed by atoms with Crippen LogP contribution in [0.3, 0.4) is 0 Å². The van der Waals surface area contributed by atoms with Crippen molar-refractivity contribution in [2.75, 3.05) is 18.5 Å². The maximum atomic E-state index is 12.4. The lowest BCUT2D eigenvalue weighted by atomic mass is 10.0. The molecule has 2 amide bonds. The van der Waals surface area contributed by atoms with Gasteiger partial charge in [0.05, 0.1) is 25.6 Å². The standard InChI is InChI=1S/C21H25N5O4/c1-2-30-19(28)12-17(14-7-4-3-5-8-14)26-18(27)13-24-20(29)15-9-6-10-16(11-15)25-21(22)23/h3-11,17H,2,12-13H2,1H3,(H,24,29)(H,26,27)(H4,22,23,25). The minimum Gasteiger partial charge on any atom is -0.466 e. The number of nitrogens with one attached hydrogen (secondary N) is 4. The largest absolute Gasteiger partial charge is 0.466 e. The average molecular weight is 411 g/mol. The molecule has 0 bridgehead atoms. The van der Waals surface area contributed by atoms with Crippen molar-refractivity contribution in [3.05, 3.63) is 65.7 Å². The van der Waals surface area contributed by atoms with Gasteiger partial charge in [-0.3, -0.25) is 19.8 Å². The van der Waals surface area contributed by atoms with E-state index >= 15 is 0 Å². The molecule has 0 aliphatic heterocycles. The van der Waals surface area contributed by atoms with E-state index in [0.29, 0.717) is 11.3 Å². The van der Waals surface area contributed by atoms with Gasteiger partial charge < -0.3 is 26.4 Å². The molecule has 1 atom stereocenters. The van der Waals surface area contributed by atoms with Crippen LogP contribution < -0.4 is 21.7 Å². The summed E-state index contributed by atoms with van der Waals surface area (Å²) < 4.78 is 4.98. The summed E-state index contributed by atoms with van der Waals surface area (Å²) in [5.74, 6) is -1.58. The molecule has 30 heavy (non-hydrogen) atoms. The molecule has 0 fully saturated rings. The highest BCUT2D eigenvalue weighted by Crippen LogP contribution is 2.17. The third-order valence-electron chi connectivity index (χ3n) is 4.03. The van der Waals surface area contributed by atoms with Crippen LogP contribution in [-0.4, -0.2) is 36.9 Å². The highest BCUT2D eigenvalue weighted by atomic mass is 16.5. The summed E-state index contributed by atoms with van der Waals surface area (Å²) in [6.07, 6.45) is -0.0176. The van der Waals surface area contributed by atoms with Gasteiger partial charge in [0.1, 0.15) is 0 Å². The van der Waals surface area contributed by atoms with Crippen LogP contribution in [0.4, 0.5) is 5.69 Å². The number of esters is 1. The average Bonchev–Trinajstić information content (AvgIpc) is 2.72. The molecule has 0 aliphatic rings. The van der Waals surface area contributed by atoms with Crippen molar-refractivity contribution >= 4 is 29.4 Å². The molecule has 2 rings (SSSR count). The number of hydrogen-bond donors (Lipinski definition) is 5. The van der Waals surface area contributed by atoms with Crippen LogP contribution in [0.1, 0.15) is 35.3 Å². The topological polar surface area (TPSA) is 146 Å². The zero-order valence-electron chi connectivity index (χ0n) is 16.6. The maximum absolute atomic E-state index is 12.4. The van der Waals surface area contributed by atoms with Crippen molar-refractivity contribution in [3.8, 4) is 0 Å². The van der Waals surface area contributed by atoms with Gasteiger partial charge in [-0.1, -0.05) is 36.4 Å². The van der Waals surface area contributed by atoms with Crippen LogP contribution in [0.15, 0.2) is 54.6 Å². The summed E-state index contributed by atoms with van der Waals surface area (Å²) >= 11 is 0. The van der Waals surface area contributed by atoms with Gasteiger partial charge in [-0.05, 0) is 30.7 Å². The molecule has 0 aromatic heterocycles. The summed E-state index contributed by atoms with van der Waals surface area (Å²) in [4.78, 5) is 36.6. The number of hydrogen-bond acceptors (Lipinski definition) is 5. The number of ether oxygens (including phenoxy) is 1. The Morgan fingerprint density at radius 3 is 2.50 bits per heavy atom. The number of nitrogens with two attached hydrogens (primary N) is 1. The van der Waals surface area contributed by atoms with Crippen LogP contribution in [0.2, 0.25) is 0 Å². The fourth-order valence-electron chi connectivity index (χ4n) is 2.73. The SMILES string of the molecule is CCOC(=O)CC(NC(=O)CNC(=O)c1cccc(NC(=N)N)c1)c1ccccc1. The zero-order valence-corrected chi connectivity index (χ0v) is 16.6. The Hall–Kier alpha value is -3.88. The predicted molar refractivity (Wildman–Crippen MR) is 113 cm³/mol. The van der Waals surface area contributed by atoms with E-state index < -0.39 is 23.8 Å². The van der Waals surface area contributed by atoms with Crippen molar-refractivity contribution in [1.82, 2.24) is 10.6 Å². The lowest BCUT2D eigenvalue weighted by molar-refractivity contribution is -0.143. The first-order valence-corrected chi connectivity index (χ1v) is 9.38. The van der Waals surface area contributed by atoms with Crippen LogP contribution in [0.5, 0.6) is 0 Å². The molecular formula is C21H25N5O4. The smallest absolute Gasteiger partial charge is 0.308 e. The molecule has 158 valence electrons. The summed E-state index contributed by atoms with van der Waals surface area (Å²) in [6, 6.07) is 14.9. The lowest BCUT2D eigenvalue weighted by Crippen LogP contribution is -2.39. The minimum atomic E-state index is -0.572. The van der Waals surface area contributed by atoms with Gasteiger partial charge in [-0.25, -0.2) is 0 Å². The Bertz CT molecular complexity index is 901. The van der Waals surface area contributed by atoms with Crippen LogP contribution >= 0.6 is 0 Å². The van der Waals surface area contributed by atoms with Crippen molar-refractivity contribution < 1.29 is 19.1 Å². The van der Waals surface area contributed by atoms with Crippen molar-refractivity contribution in [3.63, 3.8) is 0 Å². The normalized spacial score (nSPS) is 11.1. The molecule has 0 aliphatic carbocycles. The number of guanidine groups is 1. The van der Waals surface area contributed by atoms with Gasteiger partial charge in [0.25, 0.3) is 5.91 Å². The Labute approximate surface area is 174 Å². The molecule has 2 aromatic rings. The molecule has 0 saturated heterocycles. The maximum Gasteiger partial charge on any atom is 0.308 e. The fourth-order valence-corrected chi connectivity index (χ4v) is 2.73. The fraction of sp³-hybridized carbons (Fsp3) is 0.238. The number of carbonyl (C=O) groups is 3. The number of anilines is 1. The number of carbonyl (C=O) groups excluding carboxylic acids is 3. The van der Waals surface area contributed by atoms with Gasteiger partial charge in [0.15, 0.2) is 5.96 Å². The molecule has 1 unspecified atom stereocenters. The van der Waals surface area contributed by atoms with Crippen LogP contribution in [0.25, 0.3) is 0 Å². The molecule has 0 saturated carbocycles. The van der Waals surface area contributed by atoms with E-state index in [-0.39, 0.29) is 25.5 Å². The monoisotopic (exact) mass is 411 g/mol.